The zero-order valence-electron chi connectivity index (χ0n) is 13.7. The predicted octanol–water partition coefficient (Wildman–Crippen LogP) is 4.93. The van der Waals surface area contributed by atoms with E-state index in [-0.39, 0.29) is 0 Å². The lowest BCUT2D eigenvalue weighted by atomic mass is 9.75. The highest BCUT2D eigenvalue weighted by Crippen LogP contribution is 2.52. The van der Waals surface area contributed by atoms with Crippen LogP contribution in [0.15, 0.2) is 29.2 Å². The summed E-state index contributed by atoms with van der Waals surface area (Å²) >= 11 is 2.06. The van der Waals surface area contributed by atoms with E-state index in [4.69, 9.17) is 0 Å². The van der Waals surface area contributed by atoms with E-state index in [9.17, 15) is 0 Å². The lowest BCUT2D eigenvalue weighted by Crippen LogP contribution is -2.36. The Morgan fingerprint density at radius 1 is 1.29 bits per heavy atom. The maximum Gasteiger partial charge on any atom is 0.0107 e. The van der Waals surface area contributed by atoms with Gasteiger partial charge in [-0.3, -0.25) is 0 Å². The van der Waals surface area contributed by atoms with E-state index in [2.05, 4.69) is 62.1 Å². The second kappa shape index (κ2) is 6.34. The van der Waals surface area contributed by atoms with Crippen molar-refractivity contribution in [3.63, 3.8) is 0 Å². The van der Waals surface area contributed by atoms with Gasteiger partial charge in [0.15, 0.2) is 0 Å². The molecule has 21 heavy (non-hydrogen) atoms. The first-order chi connectivity index (χ1) is 10.1. The number of hydrogen-bond donors (Lipinski definition) is 1. The first-order valence-corrected chi connectivity index (χ1v) is 9.49. The van der Waals surface area contributed by atoms with Crippen molar-refractivity contribution in [2.45, 2.75) is 50.8 Å². The predicted molar refractivity (Wildman–Crippen MR) is 93.1 cm³/mol. The van der Waals surface area contributed by atoms with Crippen LogP contribution in [0.5, 0.6) is 0 Å². The Kier molecular flexibility index (Phi) is 4.66. The summed E-state index contributed by atoms with van der Waals surface area (Å²) in [5.74, 6) is 3.75. The number of benzene rings is 1. The van der Waals surface area contributed by atoms with Crippen molar-refractivity contribution in [2.24, 2.45) is 17.3 Å². The van der Waals surface area contributed by atoms with Crippen molar-refractivity contribution in [3.05, 3.63) is 29.8 Å². The van der Waals surface area contributed by atoms with Crippen LogP contribution in [0.2, 0.25) is 0 Å². The van der Waals surface area contributed by atoms with Crippen LogP contribution >= 0.6 is 11.8 Å². The quantitative estimate of drug-likeness (QED) is 0.766. The zero-order valence-corrected chi connectivity index (χ0v) is 14.5. The largest absolute Gasteiger partial charge is 0.316 e. The first kappa shape index (κ1) is 15.4. The molecule has 0 aromatic heterocycles. The highest BCUT2D eigenvalue weighted by Gasteiger charge is 2.43. The molecule has 1 fully saturated rings. The highest BCUT2D eigenvalue weighted by molar-refractivity contribution is 7.99. The number of hydrogen-bond acceptors (Lipinski definition) is 2. The van der Waals surface area contributed by atoms with E-state index in [1.54, 1.807) is 5.56 Å². The van der Waals surface area contributed by atoms with E-state index < -0.39 is 0 Å². The molecule has 1 N–H and O–H groups in total. The van der Waals surface area contributed by atoms with Crippen molar-refractivity contribution in [1.82, 2.24) is 5.32 Å². The van der Waals surface area contributed by atoms with Crippen LogP contribution in [0.3, 0.4) is 0 Å². The smallest absolute Gasteiger partial charge is 0.0107 e. The first-order valence-electron chi connectivity index (χ1n) is 8.51. The monoisotopic (exact) mass is 303 g/mol. The Morgan fingerprint density at radius 3 is 2.76 bits per heavy atom. The Bertz CT molecular complexity index is 480. The van der Waals surface area contributed by atoms with E-state index in [0.717, 1.165) is 24.3 Å². The molecule has 0 bridgehead atoms. The molecule has 1 heterocycles. The summed E-state index contributed by atoms with van der Waals surface area (Å²) in [7, 11) is 0. The minimum Gasteiger partial charge on any atom is -0.316 e. The zero-order chi connectivity index (χ0) is 14.9. The third-order valence-electron chi connectivity index (χ3n) is 5.16. The van der Waals surface area contributed by atoms with Crippen molar-refractivity contribution < 1.29 is 0 Å². The van der Waals surface area contributed by atoms with Crippen LogP contribution in [0.25, 0.3) is 0 Å². The molecule has 3 rings (SSSR count). The normalized spacial score (nSPS) is 24.1. The van der Waals surface area contributed by atoms with E-state index in [0.29, 0.717) is 5.41 Å². The topological polar surface area (TPSA) is 12.0 Å². The molecule has 0 saturated heterocycles. The van der Waals surface area contributed by atoms with Gasteiger partial charge >= 0.3 is 0 Å². The minimum absolute atomic E-state index is 0.484. The van der Waals surface area contributed by atoms with Gasteiger partial charge in [-0.1, -0.05) is 39.0 Å². The molecule has 1 saturated carbocycles. The second-order valence-electron chi connectivity index (χ2n) is 7.70. The highest BCUT2D eigenvalue weighted by atomic mass is 32.2. The van der Waals surface area contributed by atoms with Crippen LogP contribution in [-0.2, 0) is 0 Å². The lowest BCUT2D eigenvalue weighted by molar-refractivity contribution is 0.220. The van der Waals surface area contributed by atoms with Crippen molar-refractivity contribution in [1.29, 1.82) is 0 Å². The van der Waals surface area contributed by atoms with E-state index in [1.165, 1.54) is 36.5 Å². The molecular weight excluding hydrogens is 274 g/mol. The molecule has 1 nitrogen and oxygen atoms in total. The molecule has 1 aromatic carbocycles. The Balaban J connectivity index is 1.65. The fourth-order valence-electron chi connectivity index (χ4n) is 3.77. The number of fused-ring (bicyclic) bond motifs is 1. The van der Waals surface area contributed by atoms with Crippen LogP contribution in [-0.4, -0.2) is 18.8 Å². The maximum atomic E-state index is 3.74. The van der Waals surface area contributed by atoms with Gasteiger partial charge < -0.3 is 5.32 Å². The summed E-state index contributed by atoms with van der Waals surface area (Å²) in [5.41, 5.74) is 2.09. The van der Waals surface area contributed by atoms with E-state index in [1.807, 2.05) is 0 Å². The van der Waals surface area contributed by atoms with Gasteiger partial charge in [0.25, 0.3) is 0 Å². The Morgan fingerprint density at radius 2 is 2.05 bits per heavy atom. The minimum atomic E-state index is 0.484. The molecule has 2 unspecified atom stereocenters. The molecule has 2 atom stereocenters. The number of rotatable bonds is 7. The fraction of sp³-hybridized carbons (Fsp3) is 0.684. The molecular formula is C19H29NS. The van der Waals surface area contributed by atoms with Gasteiger partial charge in [0.1, 0.15) is 0 Å². The lowest BCUT2D eigenvalue weighted by Gasteiger charge is -2.33. The average molecular weight is 304 g/mol. The van der Waals surface area contributed by atoms with Gasteiger partial charge in [-0.25, -0.2) is 0 Å². The van der Waals surface area contributed by atoms with Gasteiger partial charge in [0.2, 0.25) is 0 Å². The molecule has 1 aliphatic heterocycles. The van der Waals surface area contributed by atoms with Gasteiger partial charge in [-0.15, -0.1) is 11.8 Å². The van der Waals surface area contributed by atoms with Crippen LogP contribution in [0, 0.1) is 17.3 Å². The number of thioether (sulfide) groups is 1. The third kappa shape index (κ3) is 3.65. The third-order valence-corrected chi connectivity index (χ3v) is 6.41. The molecule has 0 amide bonds. The molecule has 2 aliphatic rings. The molecule has 116 valence electrons. The Labute approximate surface area is 134 Å². The standard InChI is InChI=1S/C19H29NS/c1-14(2)11-20-13-19(3,16-8-9-16)10-15-12-21-18-7-5-4-6-17(15)18/h4-7,14-16,20H,8-13H2,1-3H3. The Hall–Kier alpha value is -0.470. The molecule has 1 aromatic rings. The van der Waals surface area contributed by atoms with Crippen molar-refractivity contribution in [2.75, 3.05) is 18.8 Å². The van der Waals surface area contributed by atoms with Gasteiger partial charge in [0, 0.05) is 17.2 Å². The summed E-state index contributed by atoms with van der Waals surface area (Å²) in [4.78, 5) is 1.52. The number of nitrogens with one attached hydrogen (secondary N) is 1. The average Bonchev–Trinajstić information content (AvgIpc) is 3.23. The molecule has 2 heteroatoms. The summed E-state index contributed by atoms with van der Waals surface area (Å²) in [6.45, 7) is 9.47. The fourth-order valence-corrected chi connectivity index (χ4v) is 5.03. The summed E-state index contributed by atoms with van der Waals surface area (Å²) < 4.78 is 0. The van der Waals surface area contributed by atoms with Crippen LogP contribution in [0.1, 0.15) is 51.5 Å². The van der Waals surface area contributed by atoms with Gasteiger partial charge in [0.05, 0.1) is 0 Å². The second-order valence-corrected chi connectivity index (χ2v) is 8.76. The molecule has 1 aliphatic carbocycles. The van der Waals surface area contributed by atoms with Gasteiger partial charge in [-0.2, -0.15) is 0 Å². The molecule has 0 radical (unpaired) electrons. The van der Waals surface area contributed by atoms with Crippen molar-refractivity contribution in [3.8, 4) is 0 Å². The summed E-state index contributed by atoms with van der Waals surface area (Å²) in [5, 5.41) is 3.74. The molecule has 0 spiro atoms. The summed E-state index contributed by atoms with van der Waals surface area (Å²) in [6.07, 6.45) is 4.25. The van der Waals surface area contributed by atoms with Gasteiger partial charge in [-0.05, 0) is 60.6 Å². The maximum absolute atomic E-state index is 3.74. The van der Waals surface area contributed by atoms with Crippen molar-refractivity contribution >= 4 is 11.8 Å². The van der Waals surface area contributed by atoms with Crippen LogP contribution < -0.4 is 5.32 Å². The van der Waals surface area contributed by atoms with E-state index >= 15 is 0 Å². The summed E-state index contributed by atoms with van der Waals surface area (Å²) in [6, 6.07) is 9.04. The SMILES string of the molecule is CC(C)CNCC(C)(CC1CSc2ccccc21)C1CC1. The van der Waals surface area contributed by atoms with Crippen LogP contribution in [0.4, 0.5) is 0 Å².